The van der Waals surface area contributed by atoms with E-state index in [0.717, 1.165) is 6.07 Å². The normalized spacial score (nSPS) is 21.0. The van der Waals surface area contributed by atoms with Gasteiger partial charge in [0.1, 0.15) is 17.6 Å². The maximum absolute atomic E-state index is 14.2. The average Bonchev–Trinajstić information content (AvgIpc) is 3.12. The Kier molecular flexibility index (Phi) is 4.60. The summed E-state index contributed by atoms with van der Waals surface area (Å²) in [5.41, 5.74) is 0.847. The molecule has 1 unspecified atom stereocenters. The molecule has 0 aliphatic carbocycles. The molecule has 0 saturated carbocycles. The van der Waals surface area contributed by atoms with Crippen molar-refractivity contribution in [3.05, 3.63) is 47.5 Å². The van der Waals surface area contributed by atoms with Crippen molar-refractivity contribution in [1.82, 2.24) is 9.47 Å². The molecule has 0 N–H and O–H groups in total. The van der Waals surface area contributed by atoms with Crippen LogP contribution in [0.1, 0.15) is 29.4 Å². The molecule has 1 atom stereocenters. The molecule has 1 amide bonds. The van der Waals surface area contributed by atoms with Crippen LogP contribution < -0.4 is 0 Å². The van der Waals surface area contributed by atoms with E-state index in [9.17, 15) is 17.6 Å². The van der Waals surface area contributed by atoms with Gasteiger partial charge in [0.25, 0.3) is 5.91 Å². The van der Waals surface area contributed by atoms with Crippen molar-refractivity contribution >= 4 is 15.7 Å². The second-order valence-corrected chi connectivity index (χ2v) is 9.45. The number of halogens is 1. The standard InChI is InChI=1S/C19H20FN3O3S/c1-19(4-5-27(25,26)12-19)23(3)18(24)14-6-13(7-16(20)8-14)15-9-17(10-21)22(2)11-15/h6-9,11H,4-5,12H2,1-3H3. The number of aromatic nitrogens is 1. The summed E-state index contributed by atoms with van der Waals surface area (Å²) >= 11 is 0. The molecule has 0 bridgehead atoms. The van der Waals surface area contributed by atoms with Gasteiger partial charge >= 0.3 is 0 Å². The van der Waals surface area contributed by atoms with E-state index in [0.29, 0.717) is 23.2 Å². The van der Waals surface area contributed by atoms with Crippen LogP contribution in [0.2, 0.25) is 0 Å². The van der Waals surface area contributed by atoms with Gasteiger partial charge in [-0.25, -0.2) is 12.8 Å². The Morgan fingerprint density at radius 2 is 2.00 bits per heavy atom. The number of sulfone groups is 1. The van der Waals surface area contributed by atoms with Crippen molar-refractivity contribution in [1.29, 1.82) is 5.26 Å². The summed E-state index contributed by atoms with van der Waals surface area (Å²) in [5, 5.41) is 9.09. The van der Waals surface area contributed by atoms with E-state index in [1.165, 1.54) is 11.0 Å². The number of nitriles is 1. The second kappa shape index (κ2) is 6.50. The van der Waals surface area contributed by atoms with E-state index in [2.05, 4.69) is 0 Å². The van der Waals surface area contributed by atoms with Crippen LogP contribution in [0.15, 0.2) is 30.5 Å². The number of rotatable bonds is 3. The van der Waals surface area contributed by atoms with Gasteiger partial charge in [-0.2, -0.15) is 5.26 Å². The van der Waals surface area contributed by atoms with Crippen molar-refractivity contribution in [2.75, 3.05) is 18.6 Å². The predicted molar refractivity (Wildman–Crippen MR) is 99.3 cm³/mol. The number of carbonyl (C=O) groups excluding carboxylic acids is 1. The van der Waals surface area contributed by atoms with Crippen LogP contribution in [-0.4, -0.2) is 47.9 Å². The summed E-state index contributed by atoms with van der Waals surface area (Å²) in [6.45, 7) is 1.73. The minimum atomic E-state index is -3.18. The topological polar surface area (TPSA) is 83.2 Å². The zero-order valence-electron chi connectivity index (χ0n) is 15.4. The van der Waals surface area contributed by atoms with E-state index in [-0.39, 0.29) is 17.1 Å². The maximum atomic E-state index is 14.2. The lowest BCUT2D eigenvalue weighted by atomic mass is 9.98. The zero-order chi connectivity index (χ0) is 20.0. The first-order valence-corrected chi connectivity index (χ1v) is 10.2. The molecule has 1 aromatic heterocycles. The lowest BCUT2D eigenvalue weighted by molar-refractivity contribution is 0.0638. The number of benzene rings is 1. The predicted octanol–water partition coefficient (Wildman–Crippen LogP) is 2.35. The first-order chi connectivity index (χ1) is 12.5. The molecule has 2 heterocycles. The quantitative estimate of drug-likeness (QED) is 0.807. The lowest BCUT2D eigenvalue weighted by Crippen LogP contribution is -2.48. The largest absolute Gasteiger partial charge is 0.342 e. The molecule has 0 radical (unpaired) electrons. The average molecular weight is 389 g/mol. The Labute approximate surface area is 157 Å². The summed E-state index contributed by atoms with van der Waals surface area (Å²) in [5.74, 6) is -1.08. The molecule has 2 aromatic rings. The third-order valence-corrected chi connectivity index (χ3v) is 7.08. The highest BCUT2D eigenvalue weighted by Gasteiger charge is 2.43. The molecule has 27 heavy (non-hydrogen) atoms. The highest BCUT2D eigenvalue weighted by Crippen LogP contribution is 2.31. The Hall–Kier alpha value is -2.66. The molecule has 8 heteroatoms. The molecule has 1 saturated heterocycles. The number of amides is 1. The van der Waals surface area contributed by atoms with Crippen LogP contribution in [0.4, 0.5) is 4.39 Å². The van der Waals surface area contributed by atoms with Crippen LogP contribution in [0, 0.1) is 17.1 Å². The van der Waals surface area contributed by atoms with Crippen molar-refractivity contribution in [3.63, 3.8) is 0 Å². The minimum absolute atomic E-state index is 0.0382. The van der Waals surface area contributed by atoms with Crippen LogP contribution in [0.25, 0.3) is 11.1 Å². The molecule has 1 aromatic carbocycles. The summed E-state index contributed by atoms with van der Waals surface area (Å²) < 4.78 is 39.5. The molecule has 1 aliphatic heterocycles. The van der Waals surface area contributed by atoms with E-state index < -0.39 is 27.1 Å². The Morgan fingerprint density at radius 3 is 2.56 bits per heavy atom. The van der Waals surface area contributed by atoms with Gasteiger partial charge in [-0.15, -0.1) is 0 Å². The third kappa shape index (κ3) is 3.60. The number of hydrogen-bond acceptors (Lipinski definition) is 4. The summed E-state index contributed by atoms with van der Waals surface area (Å²) in [7, 11) is 0.0763. The van der Waals surface area contributed by atoms with Gasteiger partial charge in [0.15, 0.2) is 9.84 Å². The number of aryl methyl sites for hydroxylation is 1. The van der Waals surface area contributed by atoms with Gasteiger partial charge < -0.3 is 9.47 Å². The second-order valence-electron chi connectivity index (χ2n) is 7.27. The van der Waals surface area contributed by atoms with Gasteiger partial charge in [-0.1, -0.05) is 0 Å². The molecule has 6 nitrogen and oxygen atoms in total. The summed E-state index contributed by atoms with van der Waals surface area (Å²) in [4.78, 5) is 14.3. The number of nitrogens with zero attached hydrogens (tertiary/aromatic N) is 3. The van der Waals surface area contributed by atoms with Crippen molar-refractivity contribution in [2.24, 2.45) is 7.05 Å². The van der Waals surface area contributed by atoms with Gasteiger partial charge in [0, 0.05) is 31.4 Å². The SMILES string of the molecule is CN(C(=O)c1cc(F)cc(-c2cc(C#N)n(C)c2)c1)C1(C)CCS(=O)(=O)C1. The Balaban J connectivity index is 1.96. The van der Waals surface area contributed by atoms with E-state index in [4.69, 9.17) is 5.26 Å². The smallest absolute Gasteiger partial charge is 0.254 e. The fourth-order valence-electron chi connectivity index (χ4n) is 3.41. The molecule has 142 valence electrons. The van der Waals surface area contributed by atoms with E-state index in [1.54, 1.807) is 43.9 Å². The van der Waals surface area contributed by atoms with Crippen LogP contribution in [-0.2, 0) is 16.9 Å². The molecule has 1 aliphatic rings. The number of hydrogen-bond donors (Lipinski definition) is 0. The monoisotopic (exact) mass is 389 g/mol. The fourth-order valence-corrected chi connectivity index (χ4v) is 5.59. The van der Waals surface area contributed by atoms with E-state index in [1.807, 2.05) is 6.07 Å². The van der Waals surface area contributed by atoms with E-state index >= 15 is 0 Å². The lowest BCUT2D eigenvalue weighted by Gasteiger charge is -2.34. The van der Waals surface area contributed by atoms with Crippen LogP contribution in [0.5, 0.6) is 0 Å². The fraction of sp³-hybridized carbons (Fsp3) is 0.368. The summed E-state index contributed by atoms with van der Waals surface area (Å²) in [6, 6.07) is 7.67. The number of carbonyl (C=O) groups is 1. The molecule has 0 spiro atoms. The van der Waals surface area contributed by atoms with Gasteiger partial charge in [0.2, 0.25) is 0 Å². The first kappa shape index (κ1) is 19.1. The molecule has 3 rings (SSSR count). The molecular formula is C19H20FN3O3S. The van der Waals surface area contributed by atoms with Crippen molar-refractivity contribution in [3.8, 4) is 17.2 Å². The molecular weight excluding hydrogens is 369 g/mol. The van der Waals surface area contributed by atoms with Crippen molar-refractivity contribution in [2.45, 2.75) is 18.9 Å². The summed E-state index contributed by atoms with van der Waals surface area (Å²) in [6.07, 6.45) is 2.04. The van der Waals surface area contributed by atoms with Gasteiger partial charge in [-0.05, 0) is 43.2 Å². The Bertz CT molecular complexity index is 1070. The maximum Gasteiger partial charge on any atom is 0.254 e. The molecule has 1 fully saturated rings. The van der Waals surface area contributed by atoms with Gasteiger partial charge in [-0.3, -0.25) is 4.79 Å². The van der Waals surface area contributed by atoms with Gasteiger partial charge in [0.05, 0.1) is 17.0 Å². The highest BCUT2D eigenvalue weighted by atomic mass is 32.2. The highest BCUT2D eigenvalue weighted by molar-refractivity contribution is 7.91. The van der Waals surface area contributed by atoms with Crippen LogP contribution in [0.3, 0.4) is 0 Å². The third-order valence-electron chi connectivity index (χ3n) is 5.19. The Morgan fingerprint density at radius 1 is 1.30 bits per heavy atom. The minimum Gasteiger partial charge on any atom is -0.342 e. The van der Waals surface area contributed by atoms with Crippen molar-refractivity contribution < 1.29 is 17.6 Å². The van der Waals surface area contributed by atoms with Crippen LogP contribution >= 0.6 is 0 Å². The first-order valence-electron chi connectivity index (χ1n) is 8.41. The zero-order valence-corrected chi connectivity index (χ0v) is 16.2.